The van der Waals surface area contributed by atoms with E-state index >= 15 is 0 Å². The van der Waals surface area contributed by atoms with Crippen LogP contribution in [0.3, 0.4) is 0 Å². The van der Waals surface area contributed by atoms with Gasteiger partial charge >= 0.3 is 0 Å². The highest BCUT2D eigenvalue weighted by atomic mass is 32.1. The van der Waals surface area contributed by atoms with Gasteiger partial charge in [0.05, 0.1) is 6.61 Å². The second kappa shape index (κ2) is 5.53. The summed E-state index contributed by atoms with van der Waals surface area (Å²) >= 11 is 1.23. The molecule has 1 aromatic heterocycles. The number of nitrogens with two attached hydrogens (primary N) is 1. The molecule has 0 spiro atoms. The van der Waals surface area contributed by atoms with Crippen molar-refractivity contribution < 1.29 is 9.53 Å². The topological polar surface area (TPSA) is 89.3 Å². The van der Waals surface area contributed by atoms with Gasteiger partial charge in [0.2, 0.25) is 0 Å². The van der Waals surface area contributed by atoms with Gasteiger partial charge in [-0.2, -0.15) is 4.37 Å². The van der Waals surface area contributed by atoms with Crippen LogP contribution in [0.25, 0.3) is 0 Å². The molecule has 0 saturated carbocycles. The highest BCUT2D eigenvalue weighted by Crippen LogP contribution is 2.29. The number of amides is 1. The predicted molar refractivity (Wildman–Crippen MR) is 71.9 cm³/mol. The number of rotatable bonds is 3. The molecule has 18 heavy (non-hydrogen) atoms. The van der Waals surface area contributed by atoms with Crippen molar-refractivity contribution in [1.82, 2.24) is 9.69 Å². The van der Waals surface area contributed by atoms with Gasteiger partial charge in [-0.05, 0) is 23.9 Å². The molecule has 1 aliphatic heterocycles. The standard InChI is InChI=1S/C11H18N4O2S/c1-6-5-17-4-3-7(6)14-11-8(10(16)13-2)9(12)15-18-11/h6-7,14H,3-5H2,1-2H3,(H2,12,15)(H,13,16). The summed E-state index contributed by atoms with van der Waals surface area (Å²) in [5.74, 6) is 0.477. The minimum absolute atomic E-state index is 0.205. The molecule has 1 aliphatic rings. The number of carbonyl (C=O) groups is 1. The Hall–Kier alpha value is -1.34. The number of hydrogen-bond acceptors (Lipinski definition) is 6. The van der Waals surface area contributed by atoms with Crippen molar-refractivity contribution in [2.45, 2.75) is 19.4 Å². The molecule has 2 heterocycles. The number of carbonyl (C=O) groups excluding carboxylic acids is 1. The summed E-state index contributed by atoms with van der Waals surface area (Å²) < 4.78 is 9.44. The molecule has 2 rings (SSSR count). The van der Waals surface area contributed by atoms with E-state index in [1.807, 2.05) is 0 Å². The molecule has 0 radical (unpaired) electrons. The number of anilines is 2. The highest BCUT2D eigenvalue weighted by Gasteiger charge is 2.25. The lowest BCUT2D eigenvalue weighted by molar-refractivity contribution is 0.0538. The van der Waals surface area contributed by atoms with Crippen molar-refractivity contribution in [3.63, 3.8) is 0 Å². The number of nitrogens with one attached hydrogen (secondary N) is 2. The van der Waals surface area contributed by atoms with Crippen LogP contribution in [0.2, 0.25) is 0 Å². The van der Waals surface area contributed by atoms with Crippen LogP contribution in [0.5, 0.6) is 0 Å². The maximum absolute atomic E-state index is 11.8. The van der Waals surface area contributed by atoms with E-state index in [2.05, 4.69) is 21.9 Å². The zero-order chi connectivity index (χ0) is 13.1. The van der Waals surface area contributed by atoms with Crippen molar-refractivity contribution >= 4 is 28.3 Å². The van der Waals surface area contributed by atoms with Gasteiger partial charge in [-0.3, -0.25) is 4.79 Å². The van der Waals surface area contributed by atoms with E-state index in [9.17, 15) is 4.79 Å². The molecule has 2 unspecified atom stereocenters. The lowest BCUT2D eigenvalue weighted by atomic mass is 9.98. The zero-order valence-electron chi connectivity index (χ0n) is 10.5. The van der Waals surface area contributed by atoms with E-state index in [0.717, 1.165) is 24.6 Å². The van der Waals surface area contributed by atoms with Gasteiger partial charge in [-0.15, -0.1) is 0 Å². The van der Waals surface area contributed by atoms with Crippen molar-refractivity contribution in [2.24, 2.45) is 5.92 Å². The first-order valence-electron chi connectivity index (χ1n) is 5.95. The van der Waals surface area contributed by atoms with Crippen molar-refractivity contribution in [2.75, 3.05) is 31.3 Å². The molecular weight excluding hydrogens is 252 g/mol. The third kappa shape index (κ3) is 2.56. The average molecular weight is 270 g/mol. The quantitative estimate of drug-likeness (QED) is 0.760. The Kier molecular flexibility index (Phi) is 4.03. The molecule has 7 heteroatoms. The summed E-state index contributed by atoms with van der Waals surface area (Å²) in [6.45, 7) is 3.60. The summed E-state index contributed by atoms with van der Waals surface area (Å²) in [5, 5.41) is 6.69. The summed E-state index contributed by atoms with van der Waals surface area (Å²) in [7, 11) is 1.58. The SMILES string of the molecule is CNC(=O)c1c(N)nsc1NC1CCOCC1C. The third-order valence-electron chi connectivity index (χ3n) is 3.13. The lowest BCUT2D eigenvalue weighted by Gasteiger charge is -2.29. The molecule has 2 atom stereocenters. The predicted octanol–water partition coefficient (Wildman–Crippen LogP) is 0.922. The van der Waals surface area contributed by atoms with Gasteiger partial charge in [-0.1, -0.05) is 6.92 Å². The van der Waals surface area contributed by atoms with Gasteiger partial charge in [0, 0.05) is 19.7 Å². The molecule has 0 bridgehead atoms. The van der Waals surface area contributed by atoms with Gasteiger partial charge < -0.3 is 21.1 Å². The molecule has 6 nitrogen and oxygen atoms in total. The van der Waals surface area contributed by atoms with Crippen LogP contribution in [0, 0.1) is 5.92 Å². The lowest BCUT2D eigenvalue weighted by Crippen LogP contribution is -2.36. The van der Waals surface area contributed by atoms with Crippen molar-refractivity contribution in [1.29, 1.82) is 0 Å². The molecule has 1 aromatic rings. The number of hydrogen-bond donors (Lipinski definition) is 3. The smallest absolute Gasteiger partial charge is 0.257 e. The van der Waals surface area contributed by atoms with Crippen LogP contribution in [0.4, 0.5) is 10.8 Å². The van der Waals surface area contributed by atoms with Crippen molar-refractivity contribution in [3.8, 4) is 0 Å². The van der Waals surface area contributed by atoms with Crippen LogP contribution in [-0.2, 0) is 4.74 Å². The van der Waals surface area contributed by atoms with E-state index in [-0.39, 0.29) is 11.7 Å². The van der Waals surface area contributed by atoms with E-state index in [1.54, 1.807) is 7.05 Å². The minimum Gasteiger partial charge on any atom is -0.382 e. The second-order valence-electron chi connectivity index (χ2n) is 4.44. The number of ether oxygens (including phenoxy) is 1. The fourth-order valence-electron chi connectivity index (χ4n) is 2.01. The van der Waals surface area contributed by atoms with Gasteiger partial charge in [0.15, 0.2) is 5.82 Å². The summed E-state index contributed by atoms with van der Waals surface area (Å²) in [6.07, 6.45) is 0.923. The molecule has 100 valence electrons. The molecule has 1 fully saturated rings. The fourth-order valence-corrected chi connectivity index (χ4v) is 2.78. The van der Waals surface area contributed by atoms with E-state index in [0.29, 0.717) is 17.5 Å². The Morgan fingerprint density at radius 2 is 2.39 bits per heavy atom. The average Bonchev–Trinajstić information content (AvgIpc) is 2.72. The summed E-state index contributed by atoms with van der Waals surface area (Å²) in [5.41, 5.74) is 6.18. The van der Waals surface area contributed by atoms with Gasteiger partial charge in [-0.25, -0.2) is 0 Å². The third-order valence-corrected chi connectivity index (χ3v) is 3.92. The Labute approximate surface area is 110 Å². The van der Waals surface area contributed by atoms with Gasteiger partial charge in [0.1, 0.15) is 10.6 Å². The van der Waals surface area contributed by atoms with Crippen LogP contribution in [-0.4, -0.2) is 36.6 Å². The fraction of sp³-hybridized carbons (Fsp3) is 0.636. The Bertz CT molecular complexity index is 435. The van der Waals surface area contributed by atoms with Gasteiger partial charge in [0.25, 0.3) is 5.91 Å². The molecule has 4 N–H and O–H groups in total. The Balaban J connectivity index is 2.16. The van der Waals surface area contributed by atoms with Crippen LogP contribution in [0.1, 0.15) is 23.7 Å². The van der Waals surface area contributed by atoms with E-state index < -0.39 is 0 Å². The zero-order valence-corrected chi connectivity index (χ0v) is 11.3. The largest absolute Gasteiger partial charge is 0.382 e. The summed E-state index contributed by atoms with van der Waals surface area (Å²) in [6, 6.07) is 0.294. The first-order valence-corrected chi connectivity index (χ1v) is 6.72. The monoisotopic (exact) mass is 270 g/mol. The van der Waals surface area contributed by atoms with E-state index in [1.165, 1.54) is 11.5 Å². The number of nitrogen functional groups attached to an aromatic ring is 1. The van der Waals surface area contributed by atoms with E-state index in [4.69, 9.17) is 10.5 Å². The maximum Gasteiger partial charge on any atom is 0.257 e. The van der Waals surface area contributed by atoms with Crippen molar-refractivity contribution in [3.05, 3.63) is 5.56 Å². The molecule has 1 amide bonds. The van der Waals surface area contributed by atoms with Crippen LogP contribution >= 0.6 is 11.5 Å². The summed E-state index contributed by atoms with van der Waals surface area (Å²) in [4.78, 5) is 11.8. The normalized spacial score (nSPS) is 23.7. The molecule has 0 aliphatic carbocycles. The first-order chi connectivity index (χ1) is 8.63. The molecular formula is C11H18N4O2S. The Morgan fingerprint density at radius 3 is 3.06 bits per heavy atom. The Morgan fingerprint density at radius 1 is 1.61 bits per heavy atom. The highest BCUT2D eigenvalue weighted by molar-refractivity contribution is 7.11. The minimum atomic E-state index is -0.205. The van der Waals surface area contributed by atoms with Crippen LogP contribution < -0.4 is 16.4 Å². The maximum atomic E-state index is 11.8. The first kappa shape index (κ1) is 13.1. The second-order valence-corrected chi connectivity index (χ2v) is 5.22. The molecule has 1 saturated heterocycles. The number of nitrogens with zero attached hydrogens (tertiary/aromatic N) is 1. The molecule has 0 aromatic carbocycles. The number of aromatic nitrogens is 1. The van der Waals surface area contributed by atoms with Crippen LogP contribution in [0.15, 0.2) is 0 Å².